The Balaban J connectivity index is 3.08. The van der Waals surface area contributed by atoms with Gasteiger partial charge in [0, 0.05) is 38.2 Å². The van der Waals surface area contributed by atoms with Crippen LogP contribution in [0.2, 0.25) is 0 Å². The van der Waals surface area contributed by atoms with Gasteiger partial charge in [0.25, 0.3) is 11.8 Å². The van der Waals surface area contributed by atoms with Gasteiger partial charge in [0.05, 0.1) is 0 Å². The molecule has 0 radical (unpaired) electrons. The van der Waals surface area contributed by atoms with Crippen LogP contribution in [0.15, 0.2) is 22.1 Å². The molecule has 0 unspecified atom stereocenters. The molecule has 0 fully saturated rings. The van der Waals surface area contributed by atoms with Crippen LogP contribution in [0.1, 0.15) is 106 Å². The van der Waals surface area contributed by atoms with E-state index in [-0.39, 0.29) is 88.3 Å². The number of guanidine groups is 2. The molecule has 0 spiro atoms. The molecule has 1 aliphatic heterocycles. The largest absolute Gasteiger partial charge is 0.480 e. The number of rotatable bonds is 30. The average molecular weight is 892 g/mol. The number of aliphatic imine (C=N–C) groups is 2. The number of nitrogens with two attached hydrogens (primary N) is 4. The molecule has 23 heteroatoms. The Bertz CT molecular complexity index is 1670. The quantitative estimate of drug-likeness (QED) is 0.0157. The Labute approximate surface area is 368 Å². The number of carbonyl (C=O) groups excluding carboxylic acids is 8. The number of unbranched alkanes of at least 4 members (excludes halogenated alkanes) is 2. The van der Waals surface area contributed by atoms with Gasteiger partial charge in [-0.3, -0.25) is 53.2 Å². The molecule has 0 aliphatic carbocycles. The van der Waals surface area contributed by atoms with E-state index in [9.17, 15) is 48.3 Å². The Morgan fingerprint density at radius 2 is 0.968 bits per heavy atom. The molecular formula is C40H69N13O10. The van der Waals surface area contributed by atoms with E-state index in [2.05, 4.69) is 41.9 Å². The number of aliphatic carboxylic acids is 1. The summed E-state index contributed by atoms with van der Waals surface area (Å²) >= 11 is 0. The fourth-order valence-electron chi connectivity index (χ4n) is 6.22. The van der Waals surface area contributed by atoms with Gasteiger partial charge < -0.3 is 59.9 Å². The van der Waals surface area contributed by atoms with Crippen LogP contribution in [0.25, 0.3) is 0 Å². The zero-order valence-electron chi connectivity index (χ0n) is 37.2. The van der Waals surface area contributed by atoms with Crippen molar-refractivity contribution < 1.29 is 48.3 Å². The predicted octanol–water partition coefficient (Wildman–Crippen LogP) is -2.30. The van der Waals surface area contributed by atoms with Crippen molar-refractivity contribution in [2.75, 3.05) is 19.6 Å². The minimum absolute atomic E-state index is 0.00708. The summed E-state index contributed by atoms with van der Waals surface area (Å²) in [6, 6.07) is -7.07. The smallest absolute Gasteiger partial charge is 0.326 e. The molecule has 1 aliphatic rings. The standard InChI is InChI=1S/C40H69N13O10/c1-22(2)20-28(37(61)48-25(6)34(58)52-29(38(62)63)21-23(3)4)51-33(57)24(5)47-35(59)27(13-11-18-46-40(43)44)50-36(60)26(12-10-17-45-39(41)42)49-30(54)14-8-7-9-19-53-31(55)15-16-32(53)56/h15-16,22-29H,7-14,17-21H2,1-6H3,(H,47,59)(H,48,61)(H,49,54)(H,50,60)(H,51,57)(H,52,58)(H,62,63)(H4,41,42,45)(H4,43,44,46)/t24-,25-,26-,27-,28-,29-/m0/s1. The molecule has 6 atom stereocenters. The van der Waals surface area contributed by atoms with Crippen molar-refractivity contribution in [3.05, 3.63) is 12.2 Å². The van der Waals surface area contributed by atoms with Gasteiger partial charge in [0.15, 0.2) is 11.9 Å². The predicted molar refractivity (Wildman–Crippen MR) is 234 cm³/mol. The van der Waals surface area contributed by atoms with Gasteiger partial charge in [0.2, 0.25) is 35.4 Å². The lowest BCUT2D eigenvalue weighted by Gasteiger charge is -2.26. The van der Waals surface area contributed by atoms with E-state index in [4.69, 9.17) is 22.9 Å². The summed E-state index contributed by atoms with van der Waals surface area (Å²) < 4.78 is 0. The second kappa shape index (κ2) is 28.3. The fourth-order valence-corrected chi connectivity index (χ4v) is 6.22. The Kier molecular flexibility index (Phi) is 24.6. The summed E-state index contributed by atoms with van der Waals surface area (Å²) in [5.74, 6) is -6.62. The van der Waals surface area contributed by atoms with Gasteiger partial charge in [-0.1, -0.05) is 34.1 Å². The molecule has 0 saturated heterocycles. The van der Waals surface area contributed by atoms with Crippen molar-refractivity contribution >= 4 is 65.1 Å². The van der Waals surface area contributed by atoms with Gasteiger partial charge >= 0.3 is 5.97 Å². The lowest BCUT2D eigenvalue weighted by Crippen LogP contribution is -2.58. The Morgan fingerprint density at radius 1 is 0.556 bits per heavy atom. The first-order chi connectivity index (χ1) is 29.5. The molecule has 0 aromatic heterocycles. The average Bonchev–Trinajstić information content (AvgIpc) is 3.50. The highest BCUT2D eigenvalue weighted by Crippen LogP contribution is 2.11. The highest BCUT2D eigenvalue weighted by atomic mass is 16.4. The first kappa shape index (κ1) is 54.7. The molecule has 63 heavy (non-hydrogen) atoms. The number of carboxylic acids is 1. The molecule has 0 aromatic carbocycles. The number of nitrogens with zero attached hydrogens (tertiary/aromatic N) is 3. The molecule has 23 nitrogen and oxygen atoms in total. The third-order valence-corrected chi connectivity index (χ3v) is 9.53. The number of carbonyl (C=O) groups is 9. The first-order valence-electron chi connectivity index (χ1n) is 21.2. The van der Waals surface area contributed by atoms with Crippen molar-refractivity contribution in [1.82, 2.24) is 36.8 Å². The maximum atomic E-state index is 13.8. The van der Waals surface area contributed by atoms with Crippen LogP contribution in [0.4, 0.5) is 0 Å². The van der Waals surface area contributed by atoms with E-state index in [1.807, 2.05) is 13.8 Å². The van der Waals surface area contributed by atoms with E-state index in [0.717, 1.165) is 4.90 Å². The minimum atomic E-state index is -1.25. The monoisotopic (exact) mass is 892 g/mol. The maximum absolute atomic E-state index is 13.8. The maximum Gasteiger partial charge on any atom is 0.326 e. The van der Waals surface area contributed by atoms with Gasteiger partial charge in [-0.2, -0.15) is 0 Å². The van der Waals surface area contributed by atoms with E-state index in [1.165, 1.54) is 26.0 Å². The van der Waals surface area contributed by atoms with Crippen LogP contribution in [-0.4, -0.2) is 131 Å². The molecule has 8 amide bonds. The summed E-state index contributed by atoms with van der Waals surface area (Å²) in [5.41, 5.74) is 21.8. The molecular weight excluding hydrogens is 823 g/mol. The molecule has 1 heterocycles. The normalized spacial score (nSPS) is 15.0. The second-order valence-electron chi connectivity index (χ2n) is 16.2. The van der Waals surface area contributed by atoms with Gasteiger partial charge in [0.1, 0.15) is 36.3 Å². The van der Waals surface area contributed by atoms with Crippen LogP contribution in [0.3, 0.4) is 0 Å². The van der Waals surface area contributed by atoms with Gasteiger partial charge in [-0.05, 0) is 77.0 Å². The summed E-state index contributed by atoms with van der Waals surface area (Å²) in [7, 11) is 0. The molecule has 0 aromatic rings. The van der Waals surface area contributed by atoms with Crippen molar-refractivity contribution in [2.45, 2.75) is 142 Å². The number of hydrogen-bond acceptors (Lipinski definition) is 11. The lowest BCUT2D eigenvalue weighted by atomic mass is 10.0. The van der Waals surface area contributed by atoms with Crippen molar-refractivity contribution in [1.29, 1.82) is 0 Å². The van der Waals surface area contributed by atoms with Crippen molar-refractivity contribution in [3.8, 4) is 0 Å². The van der Waals surface area contributed by atoms with E-state index in [1.54, 1.807) is 13.8 Å². The number of amides is 8. The van der Waals surface area contributed by atoms with E-state index in [0.29, 0.717) is 19.3 Å². The highest BCUT2D eigenvalue weighted by molar-refractivity contribution is 6.12. The Morgan fingerprint density at radius 3 is 1.43 bits per heavy atom. The van der Waals surface area contributed by atoms with E-state index >= 15 is 0 Å². The number of nitrogens with one attached hydrogen (secondary N) is 6. The number of carboxylic acid groups (broad SMARTS) is 1. The molecule has 1 rings (SSSR count). The number of hydrogen-bond donors (Lipinski definition) is 11. The topological polar surface area (TPSA) is 378 Å². The van der Waals surface area contributed by atoms with Crippen molar-refractivity contribution in [2.24, 2.45) is 44.8 Å². The summed E-state index contributed by atoms with van der Waals surface area (Å²) in [6.45, 7) is 10.4. The molecule has 0 bridgehead atoms. The SMILES string of the molecule is CC(C)C[C@H](NC(=O)[C@H](C)NC(=O)[C@H](CC(C)C)NC(=O)[C@H](C)NC(=O)[C@H](CCCN=C(N)N)NC(=O)[C@H](CCCN=C(N)N)NC(=O)CCCCCN1C(=O)C=CC1=O)C(=O)O. The zero-order chi connectivity index (χ0) is 47.8. The van der Waals surface area contributed by atoms with Crippen molar-refractivity contribution in [3.63, 3.8) is 0 Å². The van der Waals surface area contributed by atoms with Crippen LogP contribution >= 0.6 is 0 Å². The molecule has 0 saturated carbocycles. The lowest BCUT2D eigenvalue weighted by molar-refractivity contribution is -0.142. The second-order valence-corrected chi connectivity index (χ2v) is 16.2. The van der Waals surface area contributed by atoms with Crippen LogP contribution in [0.5, 0.6) is 0 Å². The first-order valence-corrected chi connectivity index (χ1v) is 21.2. The number of imide groups is 1. The summed E-state index contributed by atoms with van der Waals surface area (Å²) in [5, 5.41) is 25.0. The Hall–Kier alpha value is -6.29. The van der Waals surface area contributed by atoms with Crippen LogP contribution in [-0.2, 0) is 43.2 Å². The van der Waals surface area contributed by atoms with E-state index < -0.39 is 89.5 Å². The minimum Gasteiger partial charge on any atom is -0.480 e. The third-order valence-electron chi connectivity index (χ3n) is 9.53. The fraction of sp³-hybridized carbons (Fsp3) is 0.675. The molecule has 15 N–H and O–H groups in total. The van der Waals surface area contributed by atoms with Crippen LogP contribution in [0, 0.1) is 11.8 Å². The zero-order valence-corrected chi connectivity index (χ0v) is 37.2. The highest BCUT2D eigenvalue weighted by Gasteiger charge is 2.32. The van der Waals surface area contributed by atoms with Crippen LogP contribution < -0.4 is 54.8 Å². The summed E-state index contributed by atoms with van der Waals surface area (Å²) in [6.07, 6.45) is 4.71. The van der Waals surface area contributed by atoms with Gasteiger partial charge in [-0.15, -0.1) is 0 Å². The summed E-state index contributed by atoms with van der Waals surface area (Å²) in [4.78, 5) is 124. The molecule has 354 valence electrons. The third kappa shape index (κ3) is 22.4. The van der Waals surface area contributed by atoms with Gasteiger partial charge in [-0.25, -0.2) is 4.79 Å².